The number of ether oxygens (including phenoxy) is 2. The van der Waals surface area contributed by atoms with Gasteiger partial charge in [0, 0.05) is 11.6 Å². The number of carbonyl (C=O) groups excluding carboxylic acids is 2. The number of carbonyl (C=O) groups is 2. The lowest BCUT2D eigenvalue weighted by Crippen LogP contribution is -2.19. The second-order valence-electron chi connectivity index (χ2n) is 6.17. The fourth-order valence-corrected chi connectivity index (χ4v) is 2.95. The van der Waals surface area contributed by atoms with E-state index in [1.807, 2.05) is 0 Å². The van der Waals surface area contributed by atoms with Crippen molar-refractivity contribution >= 4 is 17.4 Å². The van der Waals surface area contributed by atoms with Crippen LogP contribution in [-0.2, 0) is 0 Å². The monoisotopic (exact) mass is 377 g/mol. The molecule has 28 heavy (non-hydrogen) atoms. The Kier molecular flexibility index (Phi) is 4.76. The van der Waals surface area contributed by atoms with Crippen molar-refractivity contribution in [3.63, 3.8) is 0 Å². The van der Waals surface area contributed by atoms with E-state index in [9.17, 15) is 14.0 Å². The molecule has 0 aromatic heterocycles. The van der Waals surface area contributed by atoms with Gasteiger partial charge in [-0.15, -0.1) is 0 Å². The highest BCUT2D eigenvalue weighted by Crippen LogP contribution is 2.37. The van der Waals surface area contributed by atoms with Crippen molar-refractivity contribution in [1.29, 1.82) is 0 Å². The highest BCUT2D eigenvalue weighted by Gasteiger charge is 2.23. The van der Waals surface area contributed by atoms with E-state index in [4.69, 9.17) is 9.47 Å². The average molecular weight is 377 g/mol. The van der Waals surface area contributed by atoms with Crippen molar-refractivity contribution in [2.75, 3.05) is 18.5 Å². The van der Waals surface area contributed by atoms with Crippen molar-refractivity contribution < 1.29 is 23.5 Å². The minimum atomic E-state index is -0.636. The van der Waals surface area contributed by atoms with Gasteiger partial charge in [0.2, 0.25) is 0 Å². The lowest BCUT2D eigenvalue weighted by molar-refractivity contribution is 0.102. The molecule has 0 aliphatic carbocycles. The number of rotatable bonds is 4. The van der Waals surface area contributed by atoms with Gasteiger partial charge in [0.05, 0.1) is 16.8 Å². The molecule has 4 rings (SSSR count). The summed E-state index contributed by atoms with van der Waals surface area (Å²) >= 11 is 0. The number of fused-ring (bicyclic) bond motifs is 1. The van der Waals surface area contributed by atoms with E-state index in [-0.39, 0.29) is 22.7 Å². The Labute approximate surface area is 160 Å². The molecule has 1 N–H and O–H groups in total. The summed E-state index contributed by atoms with van der Waals surface area (Å²) in [5.74, 6) is -0.788. The van der Waals surface area contributed by atoms with Crippen LogP contribution in [-0.4, -0.2) is 24.9 Å². The first-order valence-electron chi connectivity index (χ1n) is 8.73. The zero-order valence-corrected chi connectivity index (χ0v) is 14.8. The van der Waals surface area contributed by atoms with Crippen LogP contribution >= 0.6 is 0 Å². The van der Waals surface area contributed by atoms with Crippen LogP contribution in [0.25, 0.3) is 0 Å². The molecule has 0 fully saturated rings. The summed E-state index contributed by atoms with van der Waals surface area (Å²) in [6, 6.07) is 17.3. The second kappa shape index (κ2) is 7.52. The SMILES string of the molecule is O=C(Nc1cc2c(cc1C(=O)c1ccccc1F)OCCO2)c1ccccc1. The maximum absolute atomic E-state index is 14.2. The largest absolute Gasteiger partial charge is 0.486 e. The third-order valence-electron chi connectivity index (χ3n) is 4.33. The molecule has 1 amide bonds. The van der Waals surface area contributed by atoms with Gasteiger partial charge < -0.3 is 14.8 Å². The summed E-state index contributed by atoms with van der Waals surface area (Å²) in [4.78, 5) is 25.6. The molecule has 140 valence electrons. The molecule has 3 aromatic rings. The van der Waals surface area contributed by atoms with Crippen LogP contribution in [0.5, 0.6) is 11.5 Å². The molecule has 6 heteroatoms. The van der Waals surface area contributed by atoms with Crippen LogP contribution in [0, 0.1) is 5.82 Å². The minimum Gasteiger partial charge on any atom is -0.486 e. The topological polar surface area (TPSA) is 64.6 Å². The standard InChI is InChI=1S/C22H16FNO4/c23-17-9-5-4-8-15(17)21(25)16-12-19-20(28-11-10-27-19)13-18(16)24-22(26)14-6-2-1-3-7-14/h1-9,12-13H,10-11H2,(H,24,26). The Balaban J connectivity index is 1.77. The van der Waals surface area contributed by atoms with Crippen molar-refractivity contribution in [2.24, 2.45) is 0 Å². The molecule has 0 atom stereocenters. The number of benzene rings is 3. The third kappa shape index (κ3) is 3.44. The maximum atomic E-state index is 14.2. The molecule has 1 aliphatic heterocycles. The Hall–Kier alpha value is -3.67. The van der Waals surface area contributed by atoms with E-state index >= 15 is 0 Å². The Morgan fingerprint density at radius 2 is 1.46 bits per heavy atom. The van der Waals surface area contributed by atoms with E-state index < -0.39 is 11.6 Å². The zero-order chi connectivity index (χ0) is 19.5. The number of halogens is 1. The lowest BCUT2D eigenvalue weighted by Gasteiger charge is -2.21. The molecule has 0 saturated carbocycles. The highest BCUT2D eigenvalue weighted by atomic mass is 19.1. The van der Waals surface area contributed by atoms with Gasteiger partial charge in [0.1, 0.15) is 19.0 Å². The van der Waals surface area contributed by atoms with Gasteiger partial charge in [0.15, 0.2) is 17.3 Å². The first-order valence-corrected chi connectivity index (χ1v) is 8.73. The number of hydrogen-bond donors (Lipinski definition) is 1. The first-order chi connectivity index (χ1) is 13.6. The maximum Gasteiger partial charge on any atom is 0.255 e. The van der Waals surface area contributed by atoms with Crippen LogP contribution in [0.15, 0.2) is 66.7 Å². The van der Waals surface area contributed by atoms with E-state index in [0.717, 1.165) is 0 Å². The molecule has 0 radical (unpaired) electrons. The summed E-state index contributed by atoms with van der Waals surface area (Å²) in [6.07, 6.45) is 0. The molecular formula is C22H16FNO4. The average Bonchev–Trinajstić information content (AvgIpc) is 2.74. The molecule has 0 unspecified atom stereocenters. The first kappa shape index (κ1) is 17.7. The van der Waals surface area contributed by atoms with Gasteiger partial charge in [-0.05, 0) is 30.3 Å². The van der Waals surface area contributed by atoms with Crippen LogP contribution in [0.1, 0.15) is 26.3 Å². The third-order valence-corrected chi connectivity index (χ3v) is 4.33. The van der Waals surface area contributed by atoms with Crippen molar-refractivity contribution in [3.05, 3.63) is 89.2 Å². The molecule has 3 aromatic carbocycles. The van der Waals surface area contributed by atoms with E-state index in [1.165, 1.54) is 30.3 Å². The van der Waals surface area contributed by atoms with Crippen LogP contribution in [0.4, 0.5) is 10.1 Å². The van der Waals surface area contributed by atoms with Gasteiger partial charge in [-0.25, -0.2) is 4.39 Å². The number of anilines is 1. The fraction of sp³-hybridized carbons (Fsp3) is 0.0909. The Morgan fingerprint density at radius 1 is 0.821 bits per heavy atom. The number of hydrogen-bond acceptors (Lipinski definition) is 4. The number of ketones is 1. The molecule has 1 aliphatic rings. The van der Waals surface area contributed by atoms with Gasteiger partial charge in [0.25, 0.3) is 5.91 Å². The highest BCUT2D eigenvalue weighted by molar-refractivity contribution is 6.16. The quantitative estimate of drug-likeness (QED) is 0.696. The lowest BCUT2D eigenvalue weighted by atomic mass is 10.00. The summed E-state index contributed by atoms with van der Waals surface area (Å²) in [7, 11) is 0. The van der Waals surface area contributed by atoms with E-state index in [1.54, 1.807) is 36.4 Å². The molecule has 5 nitrogen and oxygen atoms in total. The van der Waals surface area contributed by atoms with Gasteiger partial charge in [-0.1, -0.05) is 30.3 Å². The summed E-state index contributed by atoms with van der Waals surface area (Å²) < 4.78 is 25.3. The molecule has 1 heterocycles. The molecule has 0 saturated heterocycles. The summed E-state index contributed by atoms with van der Waals surface area (Å²) in [6.45, 7) is 0.704. The molecule has 0 spiro atoms. The normalized spacial score (nSPS) is 12.3. The minimum absolute atomic E-state index is 0.0885. The predicted molar refractivity (Wildman–Crippen MR) is 102 cm³/mol. The Bertz CT molecular complexity index is 1050. The van der Waals surface area contributed by atoms with Crippen molar-refractivity contribution in [2.45, 2.75) is 0 Å². The Morgan fingerprint density at radius 3 is 2.18 bits per heavy atom. The van der Waals surface area contributed by atoms with Crippen molar-refractivity contribution in [1.82, 2.24) is 0 Å². The van der Waals surface area contributed by atoms with E-state index in [2.05, 4.69) is 5.32 Å². The summed E-state index contributed by atoms with van der Waals surface area (Å²) in [5, 5.41) is 2.73. The van der Waals surface area contributed by atoms with Gasteiger partial charge in [-0.3, -0.25) is 9.59 Å². The predicted octanol–water partition coefficient (Wildman–Crippen LogP) is 4.08. The molecular weight excluding hydrogens is 361 g/mol. The smallest absolute Gasteiger partial charge is 0.255 e. The number of nitrogens with one attached hydrogen (secondary N) is 1. The fourth-order valence-electron chi connectivity index (χ4n) is 2.95. The van der Waals surface area contributed by atoms with E-state index in [0.29, 0.717) is 30.3 Å². The molecule has 0 bridgehead atoms. The van der Waals surface area contributed by atoms with Crippen LogP contribution in [0.3, 0.4) is 0 Å². The number of amides is 1. The summed E-state index contributed by atoms with van der Waals surface area (Å²) in [5.41, 5.74) is 0.695. The second-order valence-corrected chi connectivity index (χ2v) is 6.17. The van der Waals surface area contributed by atoms with Crippen molar-refractivity contribution in [3.8, 4) is 11.5 Å². The van der Waals surface area contributed by atoms with Gasteiger partial charge in [-0.2, -0.15) is 0 Å². The van der Waals surface area contributed by atoms with Gasteiger partial charge >= 0.3 is 0 Å². The van der Waals surface area contributed by atoms with Crippen LogP contribution < -0.4 is 14.8 Å². The zero-order valence-electron chi connectivity index (χ0n) is 14.8. The van der Waals surface area contributed by atoms with Crippen LogP contribution in [0.2, 0.25) is 0 Å².